The Hall–Kier alpha value is -2.66. The lowest BCUT2D eigenvalue weighted by Gasteiger charge is -2.11. The van der Waals surface area contributed by atoms with Gasteiger partial charge < -0.3 is 5.32 Å². The van der Waals surface area contributed by atoms with Gasteiger partial charge >= 0.3 is 0 Å². The van der Waals surface area contributed by atoms with Gasteiger partial charge in [-0.15, -0.1) is 0 Å². The zero-order valence-corrected chi connectivity index (χ0v) is 13.6. The molecule has 0 radical (unpaired) electrons. The van der Waals surface area contributed by atoms with Gasteiger partial charge in [0.1, 0.15) is 5.82 Å². The van der Waals surface area contributed by atoms with E-state index in [4.69, 9.17) is 11.6 Å². The fourth-order valence-corrected chi connectivity index (χ4v) is 2.83. The Kier molecular flexibility index (Phi) is 4.36. The highest BCUT2D eigenvalue weighted by molar-refractivity contribution is 6.31. The lowest BCUT2D eigenvalue weighted by molar-refractivity contribution is -0.385. The van der Waals surface area contributed by atoms with Gasteiger partial charge in [0, 0.05) is 28.4 Å². The van der Waals surface area contributed by atoms with Crippen LogP contribution in [-0.2, 0) is 6.42 Å². The molecule has 0 aliphatic carbocycles. The van der Waals surface area contributed by atoms with Gasteiger partial charge in [0.05, 0.1) is 9.95 Å². The van der Waals surface area contributed by atoms with E-state index >= 15 is 0 Å². The third-order valence-corrected chi connectivity index (χ3v) is 4.15. The average molecular weight is 345 g/mol. The maximum Gasteiger partial charge on any atom is 0.273 e. The van der Waals surface area contributed by atoms with Crippen molar-refractivity contribution >= 4 is 39.4 Å². The summed E-state index contributed by atoms with van der Waals surface area (Å²) in [7, 11) is 0. The van der Waals surface area contributed by atoms with Crippen LogP contribution in [-0.4, -0.2) is 4.92 Å². The van der Waals surface area contributed by atoms with Gasteiger partial charge in [-0.05, 0) is 42.1 Å². The van der Waals surface area contributed by atoms with E-state index in [0.29, 0.717) is 23.4 Å². The molecule has 0 amide bonds. The van der Waals surface area contributed by atoms with Crippen LogP contribution in [0.2, 0.25) is 5.02 Å². The monoisotopic (exact) mass is 344 g/mol. The van der Waals surface area contributed by atoms with E-state index in [1.54, 1.807) is 12.1 Å². The van der Waals surface area contributed by atoms with Gasteiger partial charge in [-0.1, -0.05) is 30.7 Å². The number of benzene rings is 3. The summed E-state index contributed by atoms with van der Waals surface area (Å²) in [5.74, 6) is -0.497. The van der Waals surface area contributed by atoms with E-state index in [9.17, 15) is 14.5 Å². The highest BCUT2D eigenvalue weighted by Gasteiger charge is 2.15. The average Bonchev–Trinajstić information content (AvgIpc) is 2.57. The van der Waals surface area contributed by atoms with Gasteiger partial charge in [0.15, 0.2) is 0 Å². The van der Waals surface area contributed by atoms with E-state index in [1.807, 2.05) is 31.2 Å². The summed E-state index contributed by atoms with van der Waals surface area (Å²) in [6.45, 7) is 1.89. The quantitative estimate of drug-likeness (QED) is 0.477. The van der Waals surface area contributed by atoms with Crippen molar-refractivity contribution in [2.24, 2.45) is 0 Å². The first-order valence-electron chi connectivity index (χ1n) is 7.41. The van der Waals surface area contributed by atoms with Crippen LogP contribution in [0.1, 0.15) is 12.5 Å². The second-order valence-electron chi connectivity index (χ2n) is 5.37. The molecular formula is C18H14ClFN2O2. The predicted molar refractivity (Wildman–Crippen MR) is 94.7 cm³/mol. The van der Waals surface area contributed by atoms with Crippen LogP contribution < -0.4 is 5.32 Å². The summed E-state index contributed by atoms with van der Waals surface area (Å²) in [6.07, 6.45) is 0.581. The Morgan fingerprint density at radius 1 is 1.21 bits per heavy atom. The van der Waals surface area contributed by atoms with Crippen LogP contribution in [0, 0.1) is 15.9 Å². The first-order chi connectivity index (χ1) is 11.5. The van der Waals surface area contributed by atoms with Crippen LogP contribution in [0.25, 0.3) is 10.8 Å². The molecule has 122 valence electrons. The van der Waals surface area contributed by atoms with Crippen molar-refractivity contribution in [3.8, 4) is 0 Å². The molecule has 0 saturated carbocycles. The molecule has 0 atom stereocenters. The molecule has 1 N–H and O–H groups in total. The number of halogens is 2. The number of hydrogen-bond acceptors (Lipinski definition) is 3. The summed E-state index contributed by atoms with van der Waals surface area (Å²) in [5.41, 5.74) is 2.09. The largest absolute Gasteiger partial charge is 0.355 e. The Morgan fingerprint density at radius 3 is 2.67 bits per heavy atom. The number of nitrogens with zero attached hydrogens (tertiary/aromatic N) is 1. The number of rotatable bonds is 4. The standard InChI is InChI=1S/C18H14ClFN2O2/c1-2-11-8-12-4-3-5-17(14(12)10-18(11)22(23)24)21-13-6-7-16(20)15(19)9-13/h3-10,21H,2H2,1H3. The molecule has 3 aromatic carbocycles. The van der Waals surface area contributed by atoms with Crippen molar-refractivity contribution in [1.29, 1.82) is 0 Å². The number of aryl methyl sites for hydroxylation is 1. The molecular weight excluding hydrogens is 331 g/mol. The van der Waals surface area contributed by atoms with Gasteiger partial charge in [-0.25, -0.2) is 4.39 Å². The second kappa shape index (κ2) is 6.45. The number of nitrogens with one attached hydrogen (secondary N) is 1. The minimum Gasteiger partial charge on any atom is -0.355 e. The Balaban J connectivity index is 2.12. The highest BCUT2D eigenvalue weighted by atomic mass is 35.5. The number of nitro groups is 1. The van der Waals surface area contributed by atoms with Crippen molar-refractivity contribution < 1.29 is 9.31 Å². The fourth-order valence-electron chi connectivity index (χ4n) is 2.65. The lowest BCUT2D eigenvalue weighted by atomic mass is 10.0. The van der Waals surface area contributed by atoms with E-state index < -0.39 is 5.82 Å². The number of fused-ring (bicyclic) bond motifs is 1. The Bertz CT molecular complexity index is 944. The van der Waals surface area contributed by atoms with Crippen molar-refractivity contribution in [2.45, 2.75) is 13.3 Å². The molecule has 24 heavy (non-hydrogen) atoms. The maximum atomic E-state index is 13.3. The first kappa shape index (κ1) is 16.2. The van der Waals surface area contributed by atoms with Gasteiger partial charge in [-0.3, -0.25) is 10.1 Å². The second-order valence-corrected chi connectivity index (χ2v) is 5.78. The van der Waals surface area contributed by atoms with E-state index in [0.717, 1.165) is 10.8 Å². The van der Waals surface area contributed by atoms with Gasteiger partial charge in [0.25, 0.3) is 5.69 Å². The van der Waals surface area contributed by atoms with Crippen molar-refractivity contribution in [3.05, 3.63) is 75.0 Å². The lowest BCUT2D eigenvalue weighted by Crippen LogP contribution is -1.97. The minimum atomic E-state index is -0.497. The van der Waals surface area contributed by atoms with Crippen molar-refractivity contribution in [2.75, 3.05) is 5.32 Å². The molecule has 6 heteroatoms. The number of hydrogen-bond donors (Lipinski definition) is 1. The predicted octanol–water partition coefficient (Wildman–Crippen LogP) is 5.85. The van der Waals surface area contributed by atoms with E-state index in [-0.39, 0.29) is 15.6 Å². The van der Waals surface area contributed by atoms with Crippen LogP contribution in [0.3, 0.4) is 0 Å². The van der Waals surface area contributed by atoms with Crippen LogP contribution in [0.5, 0.6) is 0 Å². The molecule has 3 aromatic rings. The summed E-state index contributed by atoms with van der Waals surface area (Å²) < 4.78 is 13.3. The molecule has 0 heterocycles. The summed E-state index contributed by atoms with van der Waals surface area (Å²) in [4.78, 5) is 10.9. The zero-order chi connectivity index (χ0) is 17.3. The normalized spacial score (nSPS) is 10.8. The Labute approximate surface area is 143 Å². The molecule has 0 saturated heterocycles. The zero-order valence-electron chi connectivity index (χ0n) is 12.8. The summed E-state index contributed by atoms with van der Waals surface area (Å²) in [5, 5.41) is 16.1. The molecule has 0 aliphatic rings. The molecule has 3 rings (SSSR count). The van der Waals surface area contributed by atoms with Crippen LogP contribution >= 0.6 is 11.6 Å². The molecule has 0 bridgehead atoms. The highest BCUT2D eigenvalue weighted by Crippen LogP contribution is 2.33. The Morgan fingerprint density at radius 2 is 2.00 bits per heavy atom. The van der Waals surface area contributed by atoms with Crippen LogP contribution in [0.15, 0.2) is 48.5 Å². The van der Waals surface area contributed by atoms with Crippen molar-refractivity contribution in [3.63, 3.8) is 0 Å². The SMILES string of the molecule is CCc1cc2cccc(Nc3ccc(F)c(Cl)c3)c2cc1[N+](=O)[O-]. The molecule has 0 spiro atoms. The smallest absolute Gasteiger partial charge is 0.273 e. The van der Waals surface area contributed by atoms with Crippen LogP contribution in [0.4, 0.5) is 21.5 Å². The van der Waals surface area contributed by atoms with Gasteiger partial charge in [0.2, 0.25) is 0 Å². The maximum absolute atomic E-state index is 13.3. The topological polar surface area (TPSA) is 55.2 Å². The molecule has 0 aromatic heterocycles. The number of anilines is 2. The number of nitro benzene ring substituents is 1. The van der Waals surface area contributed by atoms with E-state index in [1.165, 1.54) is 12.1 Å². The fraction of sp³-hybridized carbons (Fsp3) is 0.111. The molecule has 0 fully saturated rings. The van der Waals surface area contributed by atoms with E-state index in [2.05, 4.69) is 5.32 Å². The third-order valence-electron chi connectivity index (χ3n) is 3.86. The first-order valence-corrected chi connectivity index (χ1v) is 7.79. The van der Waals surface area contributed by atoms with Crippen molar-refractivity contribution in [1.82, 2.24) is 0 Å². The summed E-state index contributed by atoms with van der Waals surface area (Å²) >= 11 is 5.80. The minimum absolute atomic E-state index is 0.0134. The molecule has 0 aliphatic heterocycles. The molecule has 4 nitrogen and oxygen atoms in total. The summed E-state index contributed by atoms with van der Waals surface area (Å²) in [6, 6.07) is 13.3. The van der Waals surface area contributed by atoms with Gasteiger partial charge in [-0.2, -0.15) is 0 Å². The molecule has 0 unspecified atom stereocenters. The third kappa shape index (κ3) is 3.03.